The molecule has 1 heterocycles. The average molecular weight is 175 g/mol. The smallest absolute Gasteiger partial charge is 0.313 e. The molecule has 5 heteroatoms. The molecule has 0 bridgehead atoms. The molecule has 0 aromatic heterocycles. The van der Waals surface area contributed by atoms with Crippen LogP contribution >= 0.6 is 11.8 Å². The molecule has 1 fully saturated rings. The van der Waals surface area contributed by atoms with Crippen molar-refractivity contribution < 1.29 is 14.7 Å². The van der Waals surface area contributed by atoms with Crippen molar-refractivity contribution in [3.63, 3.8) is 0 Å². The second-order valence-electron chi connectivity index (χ2n) is 2.39. The van der Waals surface area contributed by atoms with Gasteiger partial charge in [0.15, 0.2) is 0 Å². The lowest BCUT2D eigenvalue weighted by Gasteiger charge is -2.35. The fraction of sp³-hybridized carbons (Fsp3) is 0.667. The Morgan fingerprint density at radius 2 is 2.36 bits per heavy atom. The molecule has 1 aliphatic rings. The van der Waals surface area contributed by atoms with Crippen LogP contribution in [0.15, 0.2) is 0 Å². The van der Waals surface area contributed by atoms with Crippen LogP contribution < -0.4 is 0 Å². The monoisotopic (exact) mass is 175 g/mol. The largest absolute Gasteiger partial charge is 0.481 e. The van der Waals surface area contributed by atoms with Gasteiger partial charge in [-0.15, -0.1) is 11.8 Å². The maximum absolute atomic E-state index is 10.1. The number of carboxylic acids is 1. The summed E-state index contributed by atoms with van der Waals surface area (Å²) in [4.78, 5) is 21.8. The second-order valence-corrected chi connectivity index (χ2v) is 3.67. The van der Waals surface area contributed by atoms with Crippen molar-refractivity contribution in [2.24, 2.45) is 0 Å². The molecule has 0 atom stereocenters. The molecule has 1 rings (SSSR count). The maximum atomic E-state index is 10.1. The van der Waals surface area contributed by atoms with Gasteiger partial charge in [0.1, 0.15) is 0 Å². The Labute approximate surface area is 68.6 Å². The molecule has 0 saturated carbocycles. The number of likely N-dealkylation sites (tertiary alicyclic amines) is 1. The van der Waals surface area contributed by atoms with Gasteiger partial charge >= 0.3 is 5.97 Å². The molecule has 1 amide bonds. The summed E-state index contributed by atoms with van der Waals surface area (Å²) in [5, 5.41) is 8.63. The van der Waals surface area contributed by atoms with Crippen molar-refractivity contribution in [1.29, 1.82) is 0 Å². The molecule has 0 radical (unpaired) electrons. The molecule has 0 spiro atoms. The molecular weight excluding hydrogens is 166 g/mol. The summed E-state index contributed by atoms with van der Waals surface area (Å²) in [5.74, 6) is -0.656. The van der Waals surface area contributed by atoms with Crippen molar-refractivity contribution >= 4 is 24.1 Å². The SMILES string of the molecule is O=CN1CC(SCC(=O)O)C1. The van der Waals surface area contributed by atoms with Gasteiger partial charge in [-0.2, -0.15) is 0 Å². The van der Waals surface area contributed by atoms with E-state index in [0.717, 1.165) is 6.41 Å². The minimum atomic E-state index is -0.792. The van der Waals surface area contributed by atoms with Gasteiger partial charge in [-0.05, 0) is 0 Å². The van der Waals surface area contributed by atoms with Gasteiger partial charge in [0.25, 0.3) is 0 Å². The van der Waals surface area contributed by atoms with Crippen molar-refractivity contribution in [1.82, 2.24) is 4.90 Å². The predicted molar refractivity (Wildman–Crippen MR) is 41.5 cm³/mol. The Morgan fingerprint density at radius 1 is 1.73 bits per heavy atom. The molecule has 4 nitrogen and oxygen atoms in total. The summed E-state index contributed by atoms with van der Waals surface area (Å²) < 4.78 is 0. The Morgan fingerprint density at radius 3 is 2.82 bits per heavy atom. The fourth-order valence-corrected chi connectivity index (χ4v) is 1.82. The topological polar surface area (TPSA) is 57.6 Å². The number of carbonyl (C=O) groups excluding carboxylic acids is 1. The second kappa shape index (κ2) is 3.61. The maximum Gasteiger partial charge on any atom is 0.313 e. The number of nitrogens with zero attached hydrogens (tertiary/aromatic N) is 1. The lowest BCUT2D eigenvalue weighted by atomic mass is 10.2. The third-order valence-corrected chi connectivity index (χ3v) is 2.65. The van der Waals surface area contributed by atoms with Crippen molar-refractivity contribution in [3.8, 4) is 0 Å². The highest BCUT2D eigenvalue weighted by Gasteiger charge is 2.25. The van der Waals surface area contributed by atoms with Gasteiger partial charge in [-0.3, -0.25) is 9.59 Å². The number of aliphatic carboxylic acids is 1. The van der Waals surface area contributed by atoms with E-state index in [1.165, 1.54) is 11.8 Å². The van der Waals surface area contributed by atoms with Gasteiger partial charge in [0, 0.05) is 18.3 Å². The Balaban J connectivity index is 2.04. The molecular formula is C6H9NO3S. The zero-order chi connectivity index (χ0) is 8.27. The van der Waals surface area contributed by atoms with Crippen LogP contribution in [0.5, 0.6) is 0 Å². The van der Waals surface area contributed by atoms with Crippen LogP contribution in [0.1, 0.15) is 0 Å². The van der Waals surface area contributed by atoms with E-state index in [9.17, 15) is 9.59 Å². The third-order valence-electron chi connectivity index (χ3n) is 1.47. The molecule has 0 aromatic carbocycles. The van der Waals surface area contributed by atoms with E-state index in [1.807, 2.05) is 0 Å². The first-order valence-corrected chi connectivity index (χ1v) is 4.30. The minimum Gasteiger partial charge on any atom is -0.481 e. The number of amides is 1. The standard InChI is InChI=1S/C6H9NO3S/c8-4-7-1-5(2-7)11-3-6(9)10/h4-5H,1-3H2,(H,9,10). The van der Waals surface area contributed by atoms with Crippen LogP contribution in [-0.2, 0) is 9.59 Å². The summed E-state index contributed by atoms with van der Waals surface area (Å²) in [6.45, 7) is 1.39. The van der Waals surface area contributed by atoms with Crippen LogP contribution in [0, 0.1) is 0 Å². The van der Waals surface area contributed by atoms with E-state index >= 15 is 0 Å². The van der Waals surface area contributed by atoms with E-state index in [0.29, 0.717) is 18.3 Å². The van der Waals surface area contributed by atoms with E-state index in [2.05, 4.69) is 0 Å². The van der Waals surface area contributed by atoms with Crippen molar-refractivity contribution in [2.45, 2.75) is 5.25 Å². The number of hydrogen-bond donors (Lipinski definition) is 1. The predicted octanol–water partition coefficient (Wildman–Crippen LogP) is -0.355. The molecule has 1 saturated heterocycles. The highest BCUT2D eigenvalue weighted by atomic mass is 32.2. The summed E-state index contributed by atoms with van der Waals surface area (Å²) in [5.41, 5.74) is 0. The van der Waals surface area contributed by atoms with Gasteiger partial charge in [-0.25, -0.2) is 0 Å². The van der Waals surface area contributed by atoms with Crippen molar-refractivity contribution in [2.75, 3.05) is 18.8 Å². The van der Waals surface area contributed by atoms with Crippen molar-refractivity contribution in [3.05, 3.63) is 0 Å². The first kappa shape index (κ1) is 8.39. The van der Waals surface area contributed by atoms with E-state index in [1.54, 1.807) is 4.90 Å². The normalized spacial score (nSPS) is 17.6. The van der Waals surface area contributed by atoms with Gasteiger partial charge in [-0.1, -0.05) is 0 Å². The first-order valence-electron chi connectivity index (χ1n) is 3.25. The number of hydrogen-bond acceptors (Lipinski definition) is 3. The minimum absolute atomic E-state index is 0.136. The van der Waals surface area contributed by atoms with Gasteiger partial charge < -0.3 is 10.0 Å². The van der Waals surface area contributed by atoms with Crippen LogP contribution in [0.4, 0.5) is 0 Å². The van der Waals surface area contributed by atoms with E-state index in [4.69, 9.17) is 5.11 Å². The molecule has 0 aromatic rings. The number of rotatable bonds is 4. The first-order chi connectivity index (χ1) is 5.22. The average Bonchev–Trinajstić information content (AvgIpc) is 1.84. The fourth-order valence-electron chi connectivity index (χ4n) is 0.850. The highest BCUT2D eigenvalue weighted by Crippen LogP contribution is 2.20. The highest BCUT2D eigenvalue weighted by molar-refractivity contribution is 8.00. The molecule has 62 valence electrons. The summed E-state index contributed by atoms with van der Waals surface area (Å²) >= 11 is 1.39. The van der Waals surface area contributed by atoms with Crippen LogP contribution in [0.3, 0.4) is 0 Å². The zero-order valence-electron chi connectivity index (χ0n) is 5.90. The van der Waals surface area contributed by atoms with Gasteiger partial charge in [0.05, 0.1) is 5.75 Å². The quantitative estimate of drug-likeness (QED) is 0.593. The number of carbonyl (C=O) groups is 2. The van der Waals surface area contributed by atoms with Crippen LogP contribution in [0.25, 0.3) is 0 Å². The summed E-state index contributed by atoms with van der Waals surface area (Å²) in [7, 11) is 0. The molecule has 1 aliphatic heterocycles. The molecule has 1 N–H and O–H groups in total. The Hall–Kier alpha value is -0.710. The lowest BCUT2D eigenvalue weighted by Crippen LogP contribution is -2.48. The molecule has 0 aliphatic carbocycles. The van der Waals surface area contributed by atoms with E-state index in [-0.39, 0.29) is 5.75 Å². The number of carboxylic acid groups (broad SMARTS) is 1. The number of thioether (sulfide) groups is 1. The zero-order valence-corrected chi connectivity index (χ0v) is 6.71. The Kier molecular flexibility index (Phi) is 2.76. The van der Waals surface area contributed by atoms with E-state index < -0.39 is 5.97 Å². The summed E-state index contributed by atoms with van der Waals surface area (Å²) in [6.07, 6.45) is 0.790. The Bertz CT molecular complexity index is 167. The molecule has 11 heavy (non-hydrogen) atoms. The van der Waals surface area contributed by atoms with Crippen LogP contribution in [0.2, 0.25) is 0 Å². The third kappa shape index (κ3) is 2.42. The summed E-state index contributed by atoms with van der Waals surface area (Å²) in [6, 6.07) is 0. The lowest BCUT2D eigenvalue weighted by molar-refractivity contribution is -0.133. The molecule has 0 unspecified atom stereocenters. The van der Waals surface area contributed by atoms with Crippen LogP contribution in [-0.4, -0.2) is 46.5 Å². The van der Waals surface area contributed by atoms with Gasteiger partial charge in [0.2, 0.25) is 6.41 Å².